The number of rotatable bonds is 5. The second kappa shape index (κ2) is 7.09. The number of anilines is 1. The molecule has 0 radical (unpaired) electrons. The third-order valence-electron chi connectivity index (χ3n) is 2.83. The van der Waals surface area contributed by atoms with E-state index in [9.17, 15) is 8.78 Å². The topological polar surface area (TPSA) is 21.3 Å². The van der Waals surface area contributed by atoms with E-state index in [1.807, 2.05) is 25.1 Å². The van der Waals surface area contributed by atoms with Gasteiger partial charge in [0.15, 0.2) is 0 Å². The molecule has 2 aromatic carbocycles. The molecule has 0 bridgehead atoms. The third-order valence-corrected chi connectivity index (χ3v) is 3.72. The Morgan fingerprint density at radius 3 is 2.67 bits per heavy atom. The van der Waals surface area contributed by atoms with Crippen LogP contribution in [0, 0.1) is 6.92 Å². The van der Waals surface area contributed by atoms with Gasteiger partial charge in [0.25, 0.3) is 0 Å². The van der Waals surface area contributed by atoms with Crippen molar-refractivity contribution < 1.29 is 13.5 Å². The van der Waals surface area contributed by atoms with Crippen LogP contribution in [0.4, 0.5) is 14.5 Å². The summed E-state index contributed by atoms with van der Waals surface area (Å²) in [6.45, 7) is -0.555. The van der Waals surface area contributed by atoms with E-state index in [2.05, 4.69) is 26.0 Å². The zero-order chi connectivity index (χ0) is 15.4. The number of nitrogens with one attached hydrogen (secondary N) is 1. The molecule has 0 atom stereocenters. The van der Waals surface area contributed by atoms with Gasteiger partial charge in [-0.25, -0.2) is 0 Å². The van der Waals surface area contributed by atoms with E-state index in [1.54, 1.807) is 6.07 Å². The van der Waals surface area contributed by atoms with E-state index < -0.39 is 6.61 Å². The first-order valence-electron chi connectivity index (χ1n) is 6.19. The molecule has 112 valence electrons. The summed E-state index contributed by atoms with van der Waals surface area (Å²) in [5, 5.41) is 3.64. The predicted octanol–water partition coefficient (Wildman–Crippen LogP) is 5.62. The highest BCUT2D eigenvalue weighted by atomic mass is 79.9. The van der Waals surface area contributed by atoms with Crippen LogP contribution in [0.3, 0.4) is 0 Å². The van der Waals surface area contributed by atoms with Gasteiger partial charge in [-0.3, -0.25) is 0 Å². The van der Waals surface area contributed by atoms with Gasteiger partial charge >= 0.3 is 6.61 Å². The maximum absolute atomic E-state index is 12.4. The molecule has 0 unspecified atom stereocenters. The molecule has 0 aliphatic rings. The number of hydrogen-bond donors (Lipinski definition) is 1. The van der Waals surface area contributed by atoms with E-state index in [1.165, 1.54) is 12.1 Å². The average molecular weight is 377 g/mol. The van der Waals surface area contributed by atoms with Crippen LogP contribution >= 0.6 is 27.5 Å². The Morgan fingerprint density at radius 1 is 1.24 bits per heavy atom. The van der Waals surface area contributed by atoms with Crippen molar-refractivity contribution >= 4 is 33.2 Å². The molecule has 21 heavy (non-hydrogen) atoms. The number of ether oxygens (including phenoxy) is 1. The molecule has 0 fully saturated rings. The molecule has 0 spiro atoms. The highest BCUT2D eigenvalue weighted by Gasteiger charge is 2.10. The third kappa shape index (κ3) is 4.58. The monoisotopic (exact) mass is 375 g/mol. The van der Waals surface area contributed by atoms with Crippen molar-refractivity contribution in [2.45, 2.75) is 20.1 Å². The summed E-state index contributed by atoms with van der Waals surface area (Å²) in [6.07, 6.45) is 0. The minimum Gasteiger partial charge on any atom is -0.434 e. The molecular weight excluding hydrogens is 364 g/mol. The summed E-state index contributed by atoms with van der Waals surface area (Å²) in [5.74, 6) is 0.116. The van der Waals surface area contributed by atoms with Crippen molar-refractivity contribution in [1.29, 1.82) is 0 Å². The molecule has 6 heteroatoms. The van der Waals surface area contributed by atoms with Crippen molar-refractivity contribution in [1.82, 2.24) is 0 Å². The Bertz CT molecular complexity index is 637. The SMILES string of the molecule is Cc1ccc(NCc2cc(Cl)ccc2OC(F)F)c(Br)c1. The van der Waals surface area contributed by atoms with Crippen LogP contribution in [0.25, 0.3) is 0 Å². The molecule has 0 aliphatic carbocycles. The van der Waals surface area contributed by atoms with E-state index in [4.69, 9.17) is 11.6 Å². The van der Waals surface area contributed by atoms with Gasteiger partial charge in [-0.1, -0.05) is 17.7 Å². The Balaban J connectivity index is 2.16. The Kier molecular flexibility index (Phi) is 5.42. The van der Waals surface area contributed by atoms with Gasteiger partial charge in [-0.15, -0.1) is 0 Å². The van der Waals surface area contributed by atoms with Crippen molar-refractivity contribution in [3.8, 4) is 5.75 Å². The van der Waals surface area contributed by atoms with Crippen LogP contribution < -0.4 is 10.1 Å². The second-order valence-corrected chi connectivity index (χ2v) is 5.76. The Morgan fingerprint density at radius 2 is 2.00 bits per heavy atom. The fourth-order valence-corrected chi connectivity index (χ4v) is 2.68. The molecule has 0 aromatic heterocycles. The number of aryl methyl sites for hydroxylation is 1. The highest BCUT2D eigenvalue weighted by molar-refractivity contribution is 9.10. The first-order valence-corrected chi connectivity index (χ1v) is 7.36. The quantitative estimate of drug-likeness (QED) is 0.731. The molecule has 0 saturated heterocycles. The molecule has 0 saturated carbocycles. The summed E-state index contributed by atoms with van der Waals surface area (Å²) in [6, 6.07) is 10.4. The summed E-state index contributed by atoms with van der Waals surface area (Å²) in [5.41, 5.74) is 2.55. The van der Waals surface area contributed by atoms with Crippen LogP contribution in [0.15, 0.2) is 40.9 Å². The molecule has 2 nitrogen and oxygen atoms in total. The van der Waals surface area contributed by atoms with Crippen molar-refractivity contribution in [2.75, 3.05) is 5.32 Å². The summed E-state index contributed by atoms with van der Waals surface area (Å²) < 4.78 is 30.2. The first-order chi connectivity index (χ1) is 9.95. The van der Waals surface area contributed by atoms with Gasteiger partial charge in [0.2, 0.25) is 0 Å². The van der Waals surface area contributed by atoms with Crippen LogP contribution in [0.1, 0.15) is 11.1 Å². The van der Waals surface area contributed by atoms with Crippen LogP contribution in [-0.2, 0) is 6.54 Å². The van der Waals surface area contributed by atoms with E-state index in [0.717, 1.165) is 15.7 Å². The number of hydrogen-bond acceptors (Lipinski definition) is 2. The van der Waals surface area contributed by atoms with Gasteiger partial charge in [0.05, 0.1) is 0 Å². The minimum absolute atomic E-state index is 0.116. The molecule has 0 aliphatic heterocycles. The standard InChI is InChI=1S/C15H13BrClF2NO/c1-9-2-4-13(12(16)6-9)20-8-10-7-11(17)3-5-14(10)21-15(18)19/h2-7,15,20H,8H2,1H3. The van der Waals surface area contributed by atoms with Crippen molar-refractivity contribution in [3.05, 3.63) is 57.0 Å². The molecule has 1 N–H and O–H groups in total. The summed E-state index contributed by atoms with van der Waals surface area (Å²) >= 11 is 9.36. The lowest BCUT2D eigenvalue weighted by molar-refractivity contribution is -0.0504. The average Bonchev–Trinajstić information content (AvgIpc) is 2.40. The molecular formula is C15H13BrClF2NO. The fraction of sp³-hybridized carbons (Fsp3) is 0.200. The maximum Gasteiger partial charge on any atom is 0.387 e. The largest absolute Gasteiger partial charge is 0.434 e. The Hall–Kier alpha value is -1.33. The smallest absolute Gasteiger partial charge is 0.387 e. The molecule has 2 rings (SSSR count). The van der Waals surface area contributed by atoms with E-state index in [-0.39, 0.29) is 5.75 Å². The van der Waals surface area contributed by atoms with Crippen LogP contribution in [0.5, 0.6) is 5.75 Å². The lowest BCUT2D eigenvalue weighted by Crippen LogP contribution is -2.07. The predicted molar refractivity (Wildman–Crippen MR) is 84.3 cm³/mol. The zero-order valence-electron chi connectivity index (χ0n) is 11.2. The van der Waals surface area contributed by atoms with Gasteiger partial charge in [0.1, 0.15) is 5.75 Å². The fourth-order valence-electron chi connectivity index (χ4n) is 1.85. The van der Waals surface area contributed by atoms with Crippen molar-refractivity contribution in [3.63, 3.8) is 0 Å². The highest BCUT2D eigenvalue weighted by Crippen LogP contribution is 2.28. The lowest BCUT2D eigenvalue weighted by Gasteiger charge is -2.13. The Labute approximate surface area is 135 Å². The van der Waals surface area contributed by atoms with E-state index in [0.29, 0.717) is 17.1 Å². The zero-order valence-corrected chi connectivity index (χ0v) is 13.5. The normalized spacial score (nSPS) is 10.8. The van der Waals surface area contributed by atoms with E-state index >= 15 is 0 Å². The van der Waals surface area contributed by atoms with Crippen LogP contribution in [-0.4, -0.2) is 6.61 Å². The van der Waals surface area contributed by atoms with Crippen LogP contribution in [0.2, 0.25) is 5.02 Å². The van der Waals surface area contributed by atoms with Gasteiger partial charge in [-0.2, -0.15) is 8.78 Å². The number of alkyl halides is 2. The molecule has 0 heterocycles. The summed E-state index contributed by atoms with van der Waals surface area (Å²) in [4.78, 5) is 0. The van der Waals surface area contributed by atoms with Gasteiger partial charge in [0, 0.05) is 27.3 Å². The second-order valence-electron chi connectivity index (χ2n) is 4.47. The maximum atomic E-state index is 12.4. The molecule has 0 amide bonds. The number of benzene rings is 2. The lowest BCUT2D eigenvalue weighted by atomic mass is 10.2. The van der Waals surface area contributed by atoms with Gasteiger partial charge < -0.3 is 10.1 Å². The first kappa shape index (κ1) is 16.0. The van der Waals surface area contributed by atoms with Crippen molar-refractivity contribution in [2.24, 2.45) is 0 Å². The summed E-state index contributed by atoms with van der Waals surface area (Å²) in [7, 11) is 0. The molecule has 2 aromatic rings. The number of halogens is 4. The van der Waals surface area contributed by atoms with Gasteiger partial charge in [-0.05, 0) is 58.7 Å². The minimum atomic E-state index is -2.86.